The maximum atomic E-state index is 12.6. The third-order valence-electron chi connectivity index (χ3n) is 4.12. The Bertz CT molecular complexity index is 839. The molecule has 24 heavy (non-hydrogen) atoms. The molecule has 0 aliphatic heterocycles. The maximum absolute atomic E-state index is 12.6. The number of nitrogens with one attached hydrogen (secondary N) is 1. The third kappa shape index (κ3) is 3.15. The molecule has 5 heteroatoms. The van der Waals surface area contributed by atoms with Crippen molar-refractivity contribution >= 4 is 22.6 Å². The summed E-state index contributed by atoms with van der Waals surface area (Å²) >= 11 is 0. The highest BCUT2D eigenvalue weighted by atomic mass is 16.1. The molecule has 3 aromatic rings. The molecule has 0 aliphatic rings. The first-order chi connectivity index (χ1) is 11.6. The van der Waals surface area contributed by atoms with Crippen molar-refractivity contribution in [2.24, 2.45) is 0 Å². The average molecular weight is 322 g/mol. The van der Waals surface area contributed by atoms with Crippen LogP contribution in [0.3, 0.4) is 0 Å². The van der Waals surface area contributed by atoms with Crippen LogP contribution in [0.25, 0.3) is 11.0 Å². The van der Waals surface area contributed by atoms with Gasteiger partial charge in [-0.3, -0.25) is 4.79 Å². The lowest BCUT2D eigenvalue weighted by Crippen LogP contribution is -2.20. The highest BCUT2D eigenvalue weighted by molar-refractivity contribution is 5.97. The zero-order chi connectivity index (χ0) is 17.1. The number of carbonyl (C=O) groups is 1. The molecule has 0 saturated carbocycles. The van der Waals surface area contributed by atoms with Crippen LogP contribution in [0.1, 0.15) is 44.7 Å². The molecule has 1 unspecified atom stereocenters. The van der Waals surface area contributed by atoms with E-state index in [4.69, 9.17) is 0 Å². The molecular weight excluding hydrogens is 300 g/mol. The maximum Gasteiger partial charge on any atom is 0.231 e. The van der Waals surface area contributed by atoms with Gasteiger partial charge in [0, 0.05) is 11.4 Å². The predicted molar refractivity (Wildman–Crippen MR) is 96.0 cm³/mol. The molecule has 5 nitrogen and oxygen atoms in total. The van der Waals surface area contributed by atoms with Gasteiger partial charge in [0.25, 0.3) is 0 Å². The topological polar surface area (TPSA) is 59.8 Å². The van der Waals surface area contributed by atoms with Gasteiger partial charge >= 0.3 is 0 Å². The van der Waals surface area contributed by atoms with Crippen molar-refractivity contribution in [3.63, 3.8) is 0 Å². The second-order valence-corrected chi connectivity index (χ2v) is 6.18. The number of aromatic nitrogens is 3. The van der Waals surface area contributed by atoms with E-state index in [1.165, 1.54) is 0 Å². The Balaban J connectivity index is 1.82. The van der Waals surface area contributed by atoms with E-state index in [0.29, 0.717) is 5.69 Å². The summed E-state index contributed by atoms with van der Waals surface area (Å²) in [4.78, 5) is 17.1. The summed E-state index contributed by atoms with van der Waals surface area (Å²) in [7, 11) is 0. The molecule has 124 valence electrons. The Morgan fingerprint density at radius 3 is 2.62 bits per heavy atom. The number of hydrogen-bond donors (Lipinski definition) is 1. The van der Waals surface area contributed by atoms with Crippen LogP contribution >= 0.6 is 0 Å². The lowest BCUT2D eigenvalue weighted by atomic mass is 9.95. The quantitative estimate of drug-likeness (QED) is 0.768. The molecule has 1 amide bonds. The number of anilines is 1. The summed E-state index contributed by atoms with van der Waals surface area (Å²) in [6, 6.07) is 12.0. The standard InChI is InChI=1S/C19H22N4O/c1-4-17(14-8-6-5-7-9-14)19(24)22-16-10-15-11-21-23(13(2)3)18(15)20-12-16/h5-13,17H,4H2,1-3H3,(H,22,24). The van der Waals surface area contributed by atoms with Gasteiger partial charge < -0.3 is 5.32 Å². The first kappa shape index (κ1) is 16.2. The number of fused-ring (bicyclic) bond motifs is 1. The van der Waals surface area contributed by atoms with E-state index < -0.39 is 0 Å². The molecule has 0 aliphatic carbocycles. The van der Waals surface area contributed by atoms with Crippen LogP contribution in [0.4, 0.5) is 5.69 Å². The molecule has 2 heterocycles. The number of benzene rings is 1. The fourth-order valence-electron chi connectivity index (χ4n) is 2.87. The van der Waals surface area contributed by atoms with Crippen molar-refractivity contribution in [1.82, 2.24) is 14.8 Å². The smallest absolute Gasteiger partial charge is 0.231 e. The molecule has 1 atom stereocenters. The third-order valence-corrected chi connectivity index (χ3v) is 4.12. The van der Waals surface area contributed by atoms with Crippen molar-refractivity contribution in [2.75, 3.05) is 5.32 Å². The molecule has 2 aromatic heterocycles. The number of amides is 1. The van der Waals surface area contributed by atoms with Gasteiger partial charge in [0.05, 0.1) is 24.0 Å². The van der Waals surface area contributed by atoms with E-state index in [1.54, 1.807) is 12.4 Å². The van der Waals surface area contributed by atoms with E-state index in [1.807, 2.05) is 48.0 Å². The molecule has 0 fully saturated rings. The van der Waals surface area contributed by atoms with Gasteiger partial charge in [-0.05, 0) is 31.9 Å². The number of pyridine rings is 1. The van der Waals surface area contributed by atoms with E-state index in [0.717, 1.165) is 23.0 Å². The first-order valence-electron chi connectivity index (χ1n) is 8.29. The van der Waals surface area contributed by atoms with Crippen LogP contribution in [0.15, 0.2) is 48.8 Å². The minimum atomic E-state index is -0.166. The lowest BCUT2D eigenvalue weighted by Gasteiger charge is -2.15. The lowest BCUT2D eigenvalue weighted by molar-refractivity contribution is -0.117. The van der Waals surface area contributed by atoms with Crippen molar-refractivity contribution in [3.8, 4) is 0 Å². The fourth-order valence-corrected chi connectivity index (χ4v) is 2.87. The normalized spacial score (nSPS) is 12.5. The van der Waals surface area contributed by atoms with Gasteiger partial charge in [-0.15, -0.1) is 0 Å². The molecule has 0 saturated heterocycles. The van der Waals surface area contributed by atoms with Gasteiger partial charge in [-0.25, -0.2) is 9.67 Å². The van der Waals surface area contributed by atoms with Crippen LogP contribution in [0, 0.1) is 0 Å². The Morgan fingerprint density at radius 2 is 1.96 bits per heavy atom. The van der Waals surface area contributed by atoms with Crippen molar-refractivity contribution in [3.05, 3.63) is 54.4 Å². The second kappa shape index (κ2) is 6.83. The molecule has 1 N–H and O–H groups in total. The zero-order valence-electron chi connectivity index (χ0n) is 14.2. The molecule has 0 bridgehead atoms. The zero-order valence-corrected chi connectivity index (χ0v) is 14.2. The fraction of sp³-hybridized carbons (Fsp3) is 0.316. The van der Waals surface area contributed by atoms with E-state index >= 15 is 0 Å². The van der Waals surface area contributed by atoms with E-state index in [2.05, 4.69) is 29.2 Å². The minimum absolute atomic E-state index is 0.0129. The average Bonchev–Trinajstić information content (AvgIpc) is 3.00. The van der Waals surface area contributed by atoms with Crippen molar-refractivity contribution in [1.29, 1.82) is 0 Å². The largest absolute Gasteiger partial charge is 0.324 e. The molecule has 1 aromatic carbocycles. The Kier molecular flexibility index (Phi) is 4.60. The number of hydrogen-bond acceptors (Lipinski definition) is 3. The van der Waals surface area contributed by atoms with Crippen molar-refractivity contribution in [2.45, 2.75) is 39.2 Å². The highest BCUT2D eigenvalue weighted by Crippen LogP contribution is 2.23. The summed E-state index contributed by atoms with van der Waals surface area (Å²) in [6.45, 7) is 6.15. The van der Waals surface area contributed by atoms with Gasteiger partial charge in [-0.2, -0.15) is 5.10 Å². The van der Waals surface area contributed by atoms with Crippen LogP contribution in [0.2, 0.25) is 0 Å². The number of nitrogens with zero attached hydrogens (tertiary/aromatic N) is 3. The molecule has 0 spiro atoms. The van der Waals surface area contributed by atoms with E-state index in [9.17, 15) is 4.79 Å². The van der Waals surface area contributed by atoms with Gasteiger partial charge in [0.2, 0.25) is 5.91 Å². The summed E-state index contributed by atoms with van der Waals surface area (Å²) in [5.41, 5.74) is 2.56. The second-order valence-electron chi connectivity index (χ2n) is 6.18. The number of rotatable bonds is 5. The Labute approximate surface area is 141 Å². The predicted octanol–water partition coefficient (Wildman–Crippen LogP) is 4.14. The summed E-state index contributed by atoms with van der Waals surface area (Å²) < 4.78 is 1.87. The first-order valence-corrected chi connectivity index (χ1v) is 8.29. The molecule has 3 rings (SSSR count). The van der Waals surface area contributed by atoms with Gasteiger partial charge in [-0.1, -0.05) is 37.3 Å². The van der Waals surface area contributed by atoms with Crippen molar-refractivity contribution < 1.29 is 4.79 Å². The molecular formula is C19H22N4O. The monoisotopic (exact) mass is 322 g/mol. The van der Waals surface area contributed by atoms with Crippen LogP contribution in [0.5, 0.6) is 0 Å². The van der Waals surface area contributed by atoms with E-state index in [-0.39, 0.29) is 17.9 Å². The Hall–Kier alpha value is -2.69. The Morgan fingerprint density at radius 1 is 1.21 bits per heavy atom. The highest BCUT2D eigenvalue weighted by Gasteiger charge is 2.19. The minimum Gasteiger partial charge on any atom is -0.324 e. The van der Waals surface area contributed by atoms with Gasteiger partial charge in [0.15, 0.2) is 5.65 Å². The SMILES string of the molecule is CCC(C(=O)Nc1cnc2c(cnn2C(C)C)c1)c1ccccc1. The van der Waals surface area contributed by atoms with Crippen LogP contribution in [-0.2, 0) is 4.79 Å². The van der Waals surface area contributed by atoms with Gasteiger partial charge in [0.1, 0.15) is 0 Å². The summed E-state index contributed by atoms with van der Waals surface area (Å²) in [5.74, 6) is -0.179. The number of carbonyl (C=O) groups excluding carboxylic acids is 1. The van der Waals surface area contributed by atoms with Crippen LogP contribution in [-0.4, -0.2) is 20.7 Å². The molecule has 0 radical (unpaired) electrons. The summed E-state index contributed by atoms with van der Waals surface area (Å²) in [6.07, 6.45) is 4.22. The summed E-state index contributed by atoms with van der Waals surface area (Å²) in [5, 5.41) is 8.26. The van der Waals surface area contributed by atoms with Crippen LogP contribution < -0.4 is 5.32 Å².